The molecule has 2 aliphatic heterocycles. The van der Waals surface area contributed by atoms with Gasteiger partial charge in [0.25, 0.3) is 5.91 Å². The highest BCUT2D eigenvalue weighted by Crippen LogP contribution is 2.28. The lowest BCUT2D eigenvalue weighted by Crippen LogP contribution is -2.36. The van der Waals surface area contributed by atoms with Gasteiger partial charge in [0.2, 0.25) is 0 Å². The number of rotatable bonds is 4. The molecule has 1 aromatic rings. The van der Waals surface area contributed by atoms with Gasteiger partial charge < -0.3 is 24.9 Å². The molecule has 2 fully saturated rings. The summed E-state index contributed by atoms with van der Waals surface area (Å²) in [6.07, 6.45) is 1.16. The van der Waals surface area contributed by atoms with Crippen molar-refractivity contribution in [3.05, 3.63) is 29.3 Å². The van der Waals surface area contributed by atoms with Crippen molar-refractivity contribution < 1.29 is 15.0 Å². The smallest absolute Gasteiger partial charge is 0.257 e. The number of aryl methyl sites for hydroxylation is 1. The number of aromatic hydroxyl groups is 1. The van der Waals surface area contributed by atoms with Crippen LogP contribution in [0.2, 0.25) is 0 Å². The molecular weight excluding hydrogens is 330 g/mol. The number of carbonyl (C=O) groups is 1. The van der Waals surface area contributed by atoms with Crippen LogP contribution in [0, 0.1) is 18.8 Å². The van der Waals surface area contributed by atoms with Crippen LogP contribution in [0.15, 0.2) is 18.2 Å². The second kappa shape index (κ2) is 8.37. The van der Waals surface area contributed by atoms with E-state index in [0.717, 1.165) is 44.7 Å². The first-order valence-corrected chi connectivity index (χ1v) is 9.58. The van der Waals surface area contributed by atoms with Crippen LogP contribution in [0.25, 0.3) is 0 Å². The van der Waals surface area contributed by atoms with Crippen LogP contribution >= 0.6 is 0 Å². The lowest BCUT2D eigenvalue weighted by molar-refractivity contribution is 0.0776. The number of phenols is 1. The molecule has 26 heavy (non-hydrogen) atoms. The molecule has 3 rings (SSSR count). The molecule has 2 N–H and O–H groups in total. The molecule has 1 aromatic carbocycles. The van der Waals surface area contributed by atoms with Gasteiger partial charge in [-0.05, 0) is 57.1 Å². The summed E-state index contributed by atoms with van der Waals surface area (Å²) in [5, 5.41) is 19.9. The van der Waals surface area contributed by atoms with E-state index in [2.05, 4.69) is 16.8 Å². The zero-order chi connectivity index (χ0) is 18.7. The van der Waals surface area contributed by atoms with Crippen molar-refractivity contribution in [2.24, 2.45) is 11.8 Å². The Hall–Kier alpha value is -1.63. The number of benzene rings is 1. The van der Waals surface area contributed by atoms with E-state index in [9.17, 15) is 15.0 Å². The monoisotopic (exact) mass is 361 g/mol. The summed E-state index contributed by atoms with van der Waals surface area (Å²) in [5.41, 5.74) is 1.28. The van der Waals surface area contributed by atoms with Gasteiger partial charge in [0.15, 0.2) is 0 Å². The fourth-order valence-electron chi connectivity index (χ4n) is 4.13. The molecule has 0 saturated carbocycles. The Balaban J connectivity index is 1.65. The topological polar surface area (TPSA) is 67.3 Å². The van der Waals surface area contributed by atoms with E-state index in [1.54, 1.807) is 17.0 Å². The first-order valence-electron chi connectivity index (χ1n) is 9.58. The van der Waals surface area contributed by atoms with Crippen molar-refractivity contribution in [3.8, 4) is 5.75 Å². The fourth-order valence-corrected chi connectivity index (χ4v) is 4.13. The molecule has 2 aliphatic rings. The Kier molecular flexibility index (Phi) is 6.16. The number of carbonyl (C=O) groups excluding carboxylic acids is 1. The fraction of sp³-hybridized carbons (Fsp3) is 0.650. The average Bonchev–Trinajstić information content (AvgIpc) is 2.90. The standard InChI is InChI=1S/C20H31N3O3/c1-15-4-5-18(19(25)10-15)20(26)23-12-16(17(13-23)14-24)11-22-7-3-6-21(2)8-9-22/h4-5,10,16-17,24-25H,3,6-9,11-14H2,1-2H3/t16-,17-/m1/s1. The van der Waals surface area contributed by atoms with Crippen molar-refractivity contribution in [2.75, 3.05) is 59.5 Å². The number of nitrogens with zero attached hydrogens (tertiary/aromatic N) is 3. The van der Waals surface area contributed by atoms with Gasteiger partial charge in [-0.2, -0.15) is 0 Å². The maximum absolute atomic E-state index is 12.8. The number of hydrogen-bond acceptors (Lipinski definition) is 5. The average molecular weight is 361 g/mol. The molecular formula is C20H31N3O3. The third-order valence-corrected chi connectivity index (χ3v) is 5.79. The van der Waals surface area contributed by atoms with E-state index >= 15 is 0 Å². The van der Waals surface area contributed by atoms with E-state index in [1.807, 2.05) is 13.0 Å². The molecule has 2 saturated heterocycles. The Morgan fingerprint density at radius 3 is 2.65 bits per heavy atom. The van der Waals surface area contributed by atoms with Gasteiger partial charge in [-0.15, -0.1) is 0 Å². The van der Waals surface area contributed by atoms with E-state index < -0.39 is 0 Å². The molecule has 2 heterocycles. The second-order valence-corrected chi connectivity index (χ2v) is 7.89. The molecule has 144 valence electrons. The van der Waals surface area contributed by atoms with Crippen molar-refractivity contribution in [1.29, 1.82) is 0 Å². The Morgan fingerprint density at radius 1 is 1.15 bits per heavy atom. The lowest BCUT2D eigenvalue weighted by Gasteiger charge is -2.26. The first-order chi connectivity index (χ1) is 12.5. The van der Waals surface area contributed by atoms with Crippen LogP contribution in [-0.2, 0) is 0 Å². The molecule has 6 heteroatoms. The number of hydrogen-bond donors (Lipinski definition) is 2. The van der Waals surface area contributed by atoms with E-state index in [0.29, 0.717) is 18.7 Å². The number of phenolic OH excluding ortho intramolecular Hbond substituents is 1. The molecule has 2 atom stereocenters. The minimum absolute atomic E-state index is 0.0366. The van der Waals surface area contributed by atoms with Crippen molar-refractivity contribution in [2.45, 2.75) is 13.3 Å². The Bertz CT molecular complexity index is 637. The summed E-state index contributed by atoms with van der Waals surface area (Å²) >= 11 is 0. The van der Waals surface area contributed by atoms with Crippen LogP contribution in [0.5, 0.6) is 5.75 Å². The molecule has 0 spiro atoms. The van der Waals surface area contributed by atoms with Crippen LogP contribution in [-0.4, -0.2) is 90.3 Å². The van der Waals surface area contributed by atoms with Crippen LogP contribution in [0.4, 0.5) is 0 Å². The van der Waals surface area contributed by atoms with Gasteiger partial charge in [0.1, 0.15) is 5.75 Å². The summed E-state index contributed by atoms with van der Waals surface area (Å²) in [6.45, 7) is 8.41. The van der Waals surface area contributed by atoms with E-state index in [4.69, 9.17) is 0 Å². The zero-order valence-corrected chi connectivity index (χ0v) is 15.9. The predicted octanol–water partition coefficient (Wildman–Crippen LogP) is 1.02. The Labute approximate surface area is 156 Å². The van der Waals surface area contributed by atoms with Gasteiger partial charge >= 0.3 is 0 Å². The number of aliphatic hydroxyl groups excluding tert-OH is 1. The number of likely N-dealkylation sites (N-methyl/N-ethyl adjacent to an activating group) is 1. The number of aliphatic hydroxyl groups is 1. The van der Waals surface area contributed by atoms with Crippen LogP contribution < -0.4 is 0 Å². The summed E-state index contributed by atoms with van der Waals surface area (Å²) in [6, 6.07) is 5.16. The van der Waals surface area contributed by atoms with Crippen LogP contribution in [0.1, 0.15) is 22.3 Å². The minimum Gasteiger partial charge on any atom is -0.507 e. The van der Waals surface area contributed by atoms with Crippen molar-refractivity contribution in [1.82, 2.24) is 14.7 Å². The van der Waals surface area contributed by atoms with Gasteiger partial charge in [-0.3, -0.25) is 4.79 Å². The number of amides is 1. The van der Waals surface area contributed by atoms with Gasteiger partial charge in [-0.25, -0.2) is 0 Å². The van der Waals surface area contributed by atoms with Gasteiger partial charge in [0, 0.05) is 45.2 Å². The highest BCUT2D eigenvalue weighted by Gasteiger charge is 2.36. The molecule has 1 amide bonds. The largest absolute Gasteiger partial charge is 0.507 e. The van der Waals surface area contributed by atoms with Crippen LogP contribution in [0.3, 0.4) is 0 Å². The van der Waals surface area contributed by atoms with E-state index in [1.165, 1.54) is 0 Å². The first kappa shape index (κ1) is 19.1. The van der Waals surface area contributed by atoms with E-state index in [-0.39, 0.29) is 30.1 Å². The minimum atomic E-state index is -0.140. The van der Waals surface area contributed by atoms with Gasteiger partial charge in [-0.1, -0.05) is 6.07 Å². The molecule has 0 aliphatic carbocycles. The Morgan fingerprint density at radius 2 is 1.92 bits per heavy atom. The second-order valence-electron chi connectivity index (χ2n) is 7.89. The summed E-state index contributed by atoms with van der Waals surface area (Å²) in [4.78, 5) is 19.5. The highest BCUT2D eigenvalue weighted by molar-refractivity contribution is 5.97. The molecule has 0 radical (unpaired) electrons. The number of likely N-dealkylation sites (tertiary alicyclic amines) is 1. The molecule has 0 bridgehead atoms. The molecule has 0 aromatic heterocycles. The third kappa shape index (κ3) is 4.37. The normalized spacial score (nSPS) is 25.4. The zero-order valence-electron chi connectivity index (χ0n) is 15.9. The van der Waals surface area contributed by atoms with Crippen molar-refractivity contribution >= 4 is 5.91 Å². The quantitative estimate of drug-likeness (QED) is 0.838. The molecule has 6 nitrogen and oxygen atoms in total. The lowest BCUT2D eigenvalue weighted by atomic mass is 9.96. The molecule has 0 unspecified atom stereocenters. The summed E-state index contributed by atoms with van der Waals surface area (Å²) in [5.74, 6) is 0.279. The summed E-state index contributed by atoms with van der Waals surface area (Å²) in [7, 11) is 2.16. The van der Waals surface area contributed by atoms with Gasteiger partial charge in [0.05, 0.1) is 5.56 Å². The predicted molar refractivity (Wildman–Crippen MR) is 101 cm³/mol. The third-order valence-electron chi connectivity index (χ3n) is 5.79. The van der Waals surface area contributed by atoms with Crippen molar-refractivity contribution in [3.63, 3.8) is 0 Å². The maximum Gasteiger partial charge on any atom is 0.257 e. The maximum atomic E-state index is 12.8. The highest BCUT2D eigenvalue weighted by atomic mass is 16.3. The summed E-state index contributed by atoms with van der Waals surface area (Å²) < 4.78 is 0. The SMILES string of the molecule is Cc1ccc(C(=O)N2C[C@@H](CN3CCCN(C)CC3)[C@@H](CO)C2)c(O)c1.